The molecule has 0 spiro atoms. The molecule has 2 rings (SSSR count). The molecule has 3 heteroatoms. The zero-order chi connectivity index (χ0) is 11.2. The van der Waals surface area contributed by atoms with Crippen molar-refractivity contribution in [3.8, 4) is 0 Å². The summed E-state index contributed by atoms with van der Waals surface area (Å²) in [4.78, 5) is 11.8. The molecule has 90 valence electrons. The van der Waals surface area contributed by atoms with Crippen LogP contribution in [0.2, 0.25) is 0 Å². The van der Waals surface area contributed by atoms with Gasteiger partial charge in [0, 0.05) is 13.1 Å². The van der Waals surface area contributed by atoms with Gasteiger partial charge in [-0.3, -0.25) is 4.79 Å². The zero-order valence-corrected chi connectivity index (χ0v) is 9.93. The van der Waals surface area contributed by atoms with Crippen LogP contribution in [0.1, 0.15) is 38.5 Å². The zero-order valence-electron chi connectivity index (χ0n) is 9.93. The maximum Gasteiger partial charge on any atom is 0.224 e. The largest absolute Gasteiger partial charge is 0.356 e. The van der Waals surface area contributed by atoms with Crippen LogP contribution >= 0.6 is 0 Å². The highest BCUT2D eigenvalue weighted by molar-refractivity contribution is 5.78. The molecule has 1 fully saturated rings. The van der Waals surface area contributed by atoms with Gasteiger partial charge in [-0.25, -0.2) is 0 Å². The van der Waals surface area contributed by atoms with Crippen molar-refractivity contribution in [2.24, 2.45) is 5.92 Å². The van der Waals surface area contributed by atoms with Crippen molar-refractivity contribution in [3.63, 3.8) is 0 Å². The van der Waals surface area contributed by atoms with E-state index < -0.39 is 0 Å². The molecule has 1 aliphatic heterocycles. The second-order valence-corrected chi connectivity index (χ2v) is 4.84. The SMILES string of the molecule is O=C(NCCC1=CCCC1)[C@H]1CCCNC1. The van der Waals surface area contributed by atoms with E-state index >= 15 is 0 Å². The lowest BCUT2D eigenvalue weighted by molar-refractivity contribution is -0.125. The molecular weight excluding hydrogens is 200 g/mol. The van der Waals surface area contributed by atoms with E-state index in [1.165, 1.54) is 24.8 Å². The number of carbonyl (C=O) groups excluding carboxylic acids is 1. The van der Waals surface area contributed by atoms with Gasteiger partial charge in [0.05, 0.1) is 5.92 Å². The van der Waals surface area contributed by atoms with Crippen LogP contribution in [0.5, 0.6) is 0 Å². The van der Waals surface area contributed by atoms with Crippen LogP contribution in [0, 0.1) is 5.92 Å². The molecule has 1 atom stereocenters. The molecule has 0 aromatic carbocycles. The quantitative estimate of drug-likeness (QED) is 0.709. The number of amides is 1. The first kappa shape index (κ1) is 11.6. The average molecular weight is 222 g/mol. The third-order valence-electron chi connectivity index (χ3n) is 3.55. The molecule has 1 amide bonds. The Hall–Kier alpha value is -0.830. The Morgan fingerprint density at radius 3 is 3.12 bits per heavy atom. The molecule has 0 aromatic heterocycles. The maximum absolute atomic E-state index is 11.8. The number of rotatable bonds is 4. The van der Waals surface area contributed by atoms with Gasteiger partial charge in [-0.1, -0.05) is 11.6 Å². The van der Waals surface area contributed by atoms with Gasteiger partial charge in [0.1, 0.15) is 0 Å². The molecule has 0 radical (unpaired) electrons. The summed E-state index contributed by atoms with van der Waals surface area (Å²) in [5, 5.41) is 6.33. The van der Waals surface area contributed by atoms with Crippen LogP contribution in [0.4, 0.5) is 0 Å². The Kier molecular flexibility index (Phi) is 4.40. The predicted molar refractivity (Wildman–Crippen MR) is 65.2 cm³/mol. The molecule has 0 saturated carbocycles. The predicted octanol–water partition coefficient (Wildman–Crippen LogP) is 1.60. The second-order valence-electron chi connectivity index (χ2n) is 4.84. The minimum absolute atomic E-state index is 0.200. The van der Waals surface area contributed by atoms with E-state index in [0.717, 1.165) is 38.9 Å². The van der Waals surface area contributed by atoms with Crippen molar-refractivity contribution in [1.82, 2.24) is 10.6 Å². The fourth-order valence-electron chi connectivity index (χ4n) is 2.53. The number of carbonyl (C=O) groups is 1. The van der Waals surface area contributed by atoms with Crippen LogP contribution in [-0.2, 0) is 4.79 Å². The van der Waals surface area contributed by atoms with E-state index in [-0.39, 0.29) is 11.8 Å². The van der Waals surface area contributed by atoms with Crippen LogP contribution in [0.25, 0.3) is 0 Å². The minimum Gasteiger partial charge on any atom is -0.356 e. The topological polar surface area (TPSA) is 41.1 Å². The first-order valence-electron chi connectivity index (χ1n) is 6.52. The molecule has 2 N–H and O–H groups in total. The highest BCUT2D eigenvalue weighted by Crippen LogP contribution is 2.19. The highest BCUT2D eigenvalue weighted by atomic mass is 16.1. The number of piperidine rings is 1. The van der Waals surface area contributed by atoms with E-state index in [9.17, 15) is 4.79 Å². The summed E-state index contributed by atoms with van der Waals surface area (Å²) in [6.45, 7) is 2.74. The normalized spacial score (nSPS) is 25.2. The van der Waals surface area contributed by atoms with Crippen LogP contribution in [0.3, 0.4) is 0 Å². The number of allylic oxidation sites excluding steroid dienone is 1. The molecule has 1 saturated heterocycles. The van der Waals surface area contributed by atoms with Gasteiger partial charge in [-0.2, -0.15) is 0 Å². The highest BCUT2D eigenvalue weighted by Gasteiger charge is 2.20. The van der Waals surface area contributed by atoms with Crippen LogP contribution < -0.4 is 10.6 Å². The standard InChI is InChI=1S/C13H22N2O/c16-13(12-6-3-8-14-10-12)15-9-7-11-4-1-2-5-11/h4,12,14H,1-3,5-10H2,(H,15,16)/t12-/m0/s1. The van der Waals surface area contributed by atoms with Crippen molar-refractivity contribution in [3.05, 3.63) is 11.6 Å². The Bertz CT molecular complexity index is 267. The van der Waals surface area contributed by atoms with Gasteiger partial charge in [-0.05, 0) is 45.1 Å². The Balaban J connectivity index is 1.63. The second kappa shape index (κ2) is 6.04. The van der Waals surface area contributed by atoms with E-state index in [0.29, 0.717) is 0 Å². The first-order valence-corrected chi connectivity index (χ1v) is 6.52. The summed E-state index contributed by atoms with van der Waals surface area (Å²) in [5.74, 6) is 0.442. The number of hydrogen-bond acceptors (Lipinski definition) is 2. The van der Waals surface area contributed by atoms with E-state index in [1.807, 2.05) is 0 Å². The Morgan fingerprint density at radius 1 is 1.50 bits per heavy atom. The van der Waals surface area contributed by atoms with Crippen LogP contribution in [0.15, 0.2) is 11.6 Å². The summed E-state index contributed by atoms with van der Waals surface area (Å²) in [6.07, 6.45) is 9.32. The molecule has 1 aliphatic carbocycles. The van der Waals surface area contributed by atoms with Crippen molar-refractivity contribution < 1.29 is 4.79 Å². The van der Waals surface area contributed by atoms with E-state index in [2.05, 4.69) is 16.7 Å². The van der Waals surface area contributed by atoms with Gasteiger partial charge in [0.2, 0.25) is 5.91 Å². The summed E-state index contributed by atoms with van der Waals surface area (Å²) in [6, 6.07) is 0. The maximum atomic E-state index is 11.8. The molecule has 0 aromatic rings. The number of nitrogens with one attached hydrogen (secondary N) is 2. The Morgan fingerprint density at radius 2 is 2.44 bits per heavy atom. The number of hydrogen-bond donors (Lipinski definition) is 2. The van der Waals surface area contributed by atoms with Gasteiger partial charge in [0.25, 0.3) is 0 Å². The molecule has 0 unspecified atom stereocenters. The lowest BCUT2D eigenvalue weighted by Gasteiger charge is -2.21. The van der Waals surface area contributed by atoms with Crippen LogP contribution in [-0.4, -0.2) is 25.5 Å². The molecular formula is C13H22N2O. The summed E-state index contributed by atoms with van der Waals surface area (Å²) >= 11 is 0. The van der Waals surface area contributed by atoms with Crippen molar-refractivity contribution in [2.75, 3.05) is 19.6 Å². The van der Waals surface area contributed by atoms with Crippen molar-refractivity contribution in [2.45, 2.75) is 38.5 Å². The monoisotopic (exact) mass is 222 g/mol. The molecule has 16 heavy (non-hydrogen) atoms. The molecule has 3 nitrogen and oxygen atoms in total. The fraction of sp³-hybridized carbons (Fsp3) is 0.769. The molecule has 0 bridgehead atoms. The third kappa shape index (κ3) is 3.34. The van der Waals surface area contributed by atoms with Gasteiger partial charge < -0.3 is 10.6 Å². The third-order valence-corrected chi connectivity index (χ3v) is 3.55. The van der Waals surface area contributed by atoms with Crippen molar-refractivity contribution in [1.29, 1.82) is 0 Å². The van der Waals surface area contributed by atoms with E-state index in [4.69, 9.17) is 0 Å². The summed E-state index contributed by atoms with van der Waals surface area (Å²) in [5.41, 5.74) is 1.53. The fourth-order valence-corrected chi connectivity index (χ4v) is 2.53. The lowest BCUT2D eigenvalue weighted by Crippen LogP contribution is -2.40. The molecule has 2 aliphatic rings. The first-order chi connectivity index (χ1) is 7.86. The van der Waals surface area contributed by atoms with Crippen molar-refractivity contribution >= 4 is 5.91 Å². The summed E-state index contributed by atoms with van der Waals surface area (Å²) in [7, 11) is 0. The molecule has 1 heterocycles. The average Bonchev–Trinajstić information content (AvgIpc) is 2.83. The van der Waals surface area contributed by atoms with Gasteiger partial charge >= 0.3 is 0 Å². The Labute approximate surface area is 97.7 Å². The van der Waals surface area contributed by atoms with Gasteiger partial charge in [-0.15, -0.1) is 0 Å². The van der Waals surface area contributed by atoms with E-state index in [1.54, 1.807) is 0 Å². The summed E-state index contributed by atoms with van der Waals surface area (Å²) < 4.78 is 0. The minimum atomic E-state index is 0.200. The smallest absolute Gasteiger partial charge is 0.224 e. The van der Waals surface area contributed by atoms with Gasteiger partial charge in [0.15, 0.2) is 0 Å². The lowest BCUT2D eigenvalue weighted by atomic mass is 9.99.